The van der Waals surface area contributed by atoms with Crippen molar-refractivity contribution in [1.82, 2.24) is 4.90 Å². The summed E-state index contributed by atoms with van der Waals surface area (Å²) in [5.74, 6) is 1.66. The summed E-state index contributed by atoms with van der Waals surface area (Å²) < 4.78 is 11.5. The highest BCUT2D eigenvalue weighted by Crippen LogP contribution is 2.33. The Morgan fingerprint density at radius 1 is 1.05 bits per heavy atom. The Morgan fingerprint density at radius 3 is 2.57 bits per heavy atom. The predicted octanol–water partition coefficient (Wildman–Crippen LogP) is 3.26. The molecule has 2 aromatic carbocycles. The number of nitrogens with zero attached hydrogens (tertiary/aromatic N) is 1. The maximum atomic E-state index is 5.97. The number of hydrogen-bond acceptors (Lipinski definition) is 3. The molecule has 0 radical (unpaired) electrons. The van der Waals surface area contributed by atoms with Gasteiger partial charge in [0.15, 0.2) is 11.5 Å². The minimum atomic E-state index is 0.561. The number of rotatable bonds is 4. The maximum Gasteiger partial charge on any atom is 0.162 e. The van der Waals surface area contributed by atoms with Gasteiger partial charge >= 0.3 is 0 Å². The molecule has 3 rings (SSSR count). The summed E-state index contributed by atoms with van der Waals surface area (Å²) in [6.07, 6.45) is 1.07. The van der Waals surface area contributed by atoms with Gasteiger partial charge < -0.3 is 14.4 Å². The molecule has 0 N–H and O–H groups in total. The minimum absolute atomic E-state index is 0.561. The molecular weight excluding hydrogens is 262 g/mol. The lowest BCUT2D eigenvalue weighted by Crippen LogP contribution is -2.26. The van der Waals surface area contributed by atoms with Crippen molar-refractivity contribution in [2.24, 2.45) is 0 Å². The maximum absolute atomic E-state index is 5.97. The predicted molar refractivity (Wildman–Crippen MR) is 83.8 cm³/mol. The quantitative estimate of drug-likeness (QED) is 0.859. The lowest BCUT2D eigenvalue weighted by atomic mass is 9.99. The van der Waals surface area contributed by atoms with Gasteiger partial charge in [-0.05, 0) is 42.3 Å². The molecule has 110 valence electrons. The van der Waals surface area contributed by atoms with E-state index >= 15 is 0 Å². The smallest absolute Gasteiger partial charge is 0.162 e. The van der Waals surface area contributed by atoms with Crippen LogP contribution in [-0.4, -0.2) is 25.6 Å². The van der Waals surface area contributed by atoms with Crippen LogP contribution in [0.25, 0.3) is 0 Å². The number of likely N-dealkylation sites (N-methyl/N-ethyl adjacent to an activating group) is 1. The van der Waals surface area contributed by atoms with E-state index in [0.29, 0.717) is 6.61 Å². The molecule has 0 atom stereocenters. The van der Waals surface area contributed by atoms with Crippen LogP contribution < -0.4 is 9.47 Å². The zero-order chi connectivity index (χ0) is 14.7. The van der Waals surface area contributed by atoms with E-state index in [1.54, 1.807) is 7.11 Å². The third kappa shape index (κ3) is 3.19. The first-order valence-electron chi connectivity index (χ1n) is 7.31. The number of benzene rings is 2. The Balaban J connectivity index is 1.82. The average Bonchev–Trinajstić information content (AvgIpc) is 2.53. The van der Waals surface area contributed by atoms with Gasteiger partial charge in [-0.3, -0.25) is 0 Å². The summed E-state index contributed by atoms with van der Waals surface area (Å²) >= 11 is 0. The van der Waals surface area contributed by atoms with Crippen LogP contribution in [-0.2, 0) is 19.6 Å². The molecule has 0 saturated carbocycles. The third-order valence-corrected chi connectivity index (χ3v) is 3.93. The molecule has 0 amide bonds. The number of hydrogen-bond donors (Lipinski definition) is 0. The Morgan fingerprint density at radius 2 is 1.81 bits per heavy atom. The number of methoxy groups -OCH3 is 1. The Labute approximate surface area is 126 Å². The van der Waals surface area contributed by atoms with Gasteiger partial charge in [0.05, 0.1) is 7.11 Å². The molecule has 2 aromatic rings. The molecule has 0 bridgehead atoms. The van der Waals surface area contributed by atoms with Gasteiger partial charge in [0.1, 0.15) is 6.61 Å². The number of ether oxygens (including phenoxy) is 2. The molecule has 21 heavy (non-hydrogen) atoms. The van der Waals surface area contributed by atoms with Crippen molar-refractivity contribution in [1.29, 1.82) is 0 Å². The average molecular weight is 283 g/mol. The Kier molecular flexibility index (Phi) is 4.11. The first-order valence-corrected chi connectivity index (χ1v) is 7.31. The van der Waals surface area contributed by atoms with Crippen LogP contribution in [0.4, 0.5) is 0 Å². The van der Waals surface area contributed by atoms with Gasteiger partial charge in [0, 0.05) is 13.1 Å². The second kappa shape index (κ2) is 6.19. The fourth-order valence-electron chi connectivity index (χ4n) is 2.71. The second-order valence-corrected chi connectivity index (χ2v) is 5.53. The summed E-state index contributed by atoms with van der Waals surface area (Å²) in [6.45, 7) is 2.63. The normalized spacial score (nSPS) is 14.6. The van der Waals surface area contributed by atoms with Crippen molar-refractivity contribution in [3.05, 3.63) is 59.2 Å². The van der Waals surface area contributed by atoms with E-state index in [9.17, 15) is 0 Å². The van der Waals surface area contributed by atoms with Gasteiger partial charge in [-0.15, -0.1) is 0 Å². The summed E-state index contributed by atoms with van der Waals surface area (Å²) in [5.41, 5.74) is 3.87. The Bertz CT molecular complexity index is 610. The summed E-state index contributed by atoms with van der Waals surface area (Å²) in [6, 6.07) is 14.5. The second-order valence-electron chi connectivity index (χ2n) is 5.53. The van der Waals surface area contributed by atoms with Crippen molar-refractivity contribution < 1.29 is 9.47 Å². The van der Waals surface area contributed by atoms with E-state index < -0.39 is 0 Å². The summed E-state index contributed by atoms with van der Waals surface area (Å²) in [4.78, 5) is 2.33. The molecule has 1 aliphatic heterocycles. The SMILES string of the molecule is COc1cc2c(cc1OCc1ccccc1)CN(C)CC2. The lowest BCUT2D eigenvalue weighted by molar-refractivity contribution is 0.278. The zero-order valence-electron chi connectivity index (χ0n) is 12.6. The highest BCUT2D eigenvalue weighted by Gasteiger charge is 2.17. The van der Waals surface area contributed by atoms with Crippen molar-refractivity contribution in [2.45, 2.75) is 19.6 Å². The molecule has 3 heteroatoms. The monoisotopic (exact) mass is 283 g/mol. The van der Waals surface area contributed by atoms with Gasteiger partial charge in [-0.2, -0.15) is 0 Å². The van der Waals surface area contributed by atoms with Crippen molar-refractivity contribution in [3.63, 3.8) is 0 Å². The van der Waals surface area contributed by atoms with Crippen molar-refractivity contribution >= 4 is 0 Å². The van der Waals surface area contributed by atoms with E-state index in [0.717, 1.165) is 36.6 Å². The largest absolute Gasteiger partial charge is 0.493 e. The molecular formula is C18H21NO2. The van der Waals surface area contributed by atoms with E-state index in [1.807, 2.05) is 18.2 Å². The van der Waals surface area contributed by atoms with Crippen LogP contribution in [0.3, 0.4) is 0 Å². The van der Waals surface area contributed by atoms with Crippen LogP contribution >= 0.6 is 0 Å². The Hall–Kier alpha value is -2.00. The molecule has 3 nitrogen and oxygen atoms in total. The van der Waals surface area contributed by atoms with E-state index in [4.69, 9.17) is 9.47 Å². The molecule has 1 aliphatic rings. The van der Waals surface area contributed by atoms with Gasteiger partial charge in [0.2, 0.25) is 0 Å². The van der Waals surface area contributed by atoms with Gasteiger partial charge in [-0.25, -0.2) is 0 Å². The molecule has 0 spiro atoms. The molecule has 1 heterocycles. The topological polar surface area (TPSA) is 21.7 Å². The van der Waals surface area contributed by atoms with Crippen LogP contribution in [0.2, 0.25) is 0 Å². The van der Waals surface area contributed by atoms with Crippen LogP contribution in [0.1, 0.15) is 16.7 Å². The van der Waals surface area contributed by atoms with E-state index in [-0.39, 0.29) is 0 Å². The van der Waals surface area contributed by atoms with Gasteiger partial charge in [-0.1, -0.05) is 30.3 Å². The lowest BCUT2D eigenvalue weighted by Gasteiger charge is -2.26. The van der Waals surface area contributed by atoms with Gasteiger partial charge in [0.25, 0.3) is 0 Å². The first kappa shape index (κ1) is 14.0. The molecule has 0 saturated heterocycles. The minimum Gasteiger partial charge on any atom is -0.493 e. The fourth-order valence-corrected chi connectivity index (χ4v) is 2.71. The molecule has 0 aliphatic carbocycles. The van der Waals surface area contributed by atoms with Crippen molar-refractivity contribution in [3.8, 4) is 11.5 Å². The summed E-state index contributed by atoms with van der Waals surface area (Å²) in [5, 5.41) is 0. The van der Waals surface area contributed by atoms with E-state index in [2.05, 4.69) is 36.2 Å². The van der Waals surface area contributed by atoms with E-state index in [1.165, 1.54) is 11.1 Å². The van der Waals surface area contributed by atoms with Crippen molar-refractivity contribution in [2.75, 3.05) is 20.7 Å². The first-order chi connectivity index (χ1) is 10.3. The number of fused-ring (bicyclic) bond motifs is 1. The third-order valence-electron chi connectivity index (χ3n) is 3.93. The highest BCUT2D eigenvalue weighted by atomic mass is 16.5. The van der Waals surface area contributed by atoms with Crippen LogP contribution in [0.15, 0.2) is 42.5 Å². The molecule has 0 fully saturated rings. The van der Waals surface area contributed by atoms with Crippen LogP contribution in [0.5, 0.6) is 11.5 Å². The van der Waals surface area contributed by atoms with Crippen LogP contribution in [0, 0.1) is 0 Å². The fraction of sp³-hybridized carbons (Fsp3) is 0.333. The zero-order valence-corrected chi connectivity index (χ0v) is 12.6. The highest BCUT2D eigenvalue weighted by molar-refractivity contribution is 5.48. The summed E-state index contributed by atoms with van der Waals surface area (Å²) in [7, 11) is 3.85. The molecule has 0 aromatic heterocycles. The molecule has 0 unspecified atom stereocenters. The standard InChI is InChI=1S/C18H21NO2/c1-19-9-8-15-10-17(20-2)18(11-16(15)12-19)21-13-14-6-4-3-5-7-14/h3-7,10-11H,8-9,12-13H2,1-2H3.